The summed E-state index contributed by atoms with van der Waals surface area (Å²) in [6.07, 6.45) is 3.52. The van der Waals surface area contributed by atoms with Crippen LogP contribution in [-0.2, 0) is 0 Å². The maximum Gasteiger partial charge on any atom is 0.339 e. The Hall–Kier alpha value is -1.88. The molecule has 5 nitrogen and oxygen atoms in total. The SMILES string of the molecule is C=CCN1CCN(c2ncccc2C(=O)O)CC1. The fourth-order valence-electron chi connectivity index (χ4n) is 2.14. The molecule has 18 heavy (non-hydrogen) atoms. The van der Waals surface area contributed by atoms with Crippen LogP contribution in [0, 0.1) is 0 Å². The molecule has 5 heteroatoms. The maximum atomic E-state index is 11.1. The van der Waals surface area contributed by atoms with Crippen LogP contribution in [0.4, 0.5) is 5.82 Å². The lowest BCUT2D eigenvalue weighted by atomic mass is 10.2. The molecule has 1 aliphatic heterocycles. The molecular weight excluding hydrogens is 230 g/mol. The number of carboxylic acids is 1. The van der Waals surface area contributed by atoms with E-state index in [0.717, 1.165) is 32.7 Å². The van der Waals surface area contributed by atoms with Crippen molar-refractivity contribution in [3.05, 3.63) is 36.5 Å². The second kappa shape index (κ2) is 5.64. The number of carbonyl (C=O) groups is 1. The van der Waals surface area contributed by atoms with Crippen molar-refractivity contribution in [1.82, 2.24) is 9.88 Å². The normalized spacial score (nSPS) is 16.6. The van der Waals surface area contributed by atoms with E-state index in [0.29, 0.717) is 5.82 Å². The van der Waals surface area contributed by atoms with Crippen molar-refractivity contribution in [3.63, 3.8) is 0 Å². The summed E-state index contributed by atoms with van der Waals surface area (Å²) in [5.41, 5.74) is 0.273. The fourth-order valence-corrected chi connectivity index (χ4v) is 2.14. The summed E-state index contributed by atoms with van der Waals surface area (Å²) in [5.74, 6) is -0.352. The third-order valence-corrected chi connectivity index (χ3v) is 3.08. The van der Waals surface area contributed by atoms with Crippen LogP contribution in [0.3, 0.4) is 0 Å². The standard InChI is InChI=1S/C13H17N3O2/c1-2-6-15-7-9-16(10-8-15)12-11(13(17)18)4-3-5-14-12/h2-5H,1,6-10H2,(H,17,18). The summed E-state index contributed by atoms with van der Waals surface area (Å²) in [6, 6.07) is 3.25. The van der Waals surface area contributed by atoms with Crippen molar-refractivity contribution >= 4 is 11.8 Å². The second-order valence-corrected chi connectivity index (χ2v) is 4.26. The molecule has 1 aromatic rings. The molecule has 96 valence electrons. The van der Waals surface area contributed by atoms with Gasteiger partial charge in [-0.2, -0.15) is 0 Å². The molecule has 0 bridgehead atoms. The zero-order chi connectivity index (χ0) is 13.0. The predicted molar refractivity (Wildman–Crippen MR) is 70.0 cm³/mol. The highest BCUT2D eigenvalue weighted by atomic mass is 16.4. The Kier molecular flexibility index (Phi) is 3.94. The molecule has 0 atom stereocenters. The summed E-state index contributed by atoms with van der Waals surface area (Å²) < 4.78 is 0. The van der Waals surface area contributed by atoms with Crippen molar-refractivity contribution < 1.29 is 9.90 Å². The van der Waals surface area contributed by atoms with Gasteiger partial charge in [0.2, 0.25) is 0 Å². The number of hydrogen-bond donors (Lipinski definition) is 1. The number of aromatic nitrogens is 1. The number of nitrogens with zero attached hydrogens (tertiary/aromatic N) is 3. The molecular formula is C13H17N3O2. The first-order valence-electron chi connectivity index (χ1n) is 5.99. The topological polar surface area (TPSA) is 56.7 Å². The monoisotopic (exact) mass is 247 g/mol. The average molecular weight is 247 g/mol. The van der Waals surface area contributed by atoms with Gasteiger partial charge in [-0.3, -0.25) is 4.90 Å². The molecule has 2 heterocycles. The summed E-state index contributed by atoms with van der Waals surface area (Å²) >= 11 is 0. The van der Waals surface area contributed by atoms with E-state index in [1.54, 1.807) is 18.3 Å². The van der Waals surface area contributed by atoms with Gasteiger partial charge in [0, 0.05) is 38.9 Å². The Morgan fingerprint density at radius 2 is 2.17 bits per heavy atom. The van der Waals surface area contributed by atoms with Gasteiger partial charge in [-0.25, -0.2) is 9.78 Å². The Morgan fingerprint density at radius 1 is 1.44 bits per heavy atom. The molecule has 0 radical (unpaired) electrons. The predicted octanol–water partition coefficient (Wildman–Crippen LogP) is 1.09. The third kappa shape index (κ3) is 2.68. The van der Waals surface area contributed by atoms with Crippen LogP contribution < -0.4 is 4.90 Å². The van der Waals surface area contributed by atoms with Gasteiger partial charge in [-0.1, -0.05) is 6.08 Å². The zero-order valence-corrected chi connectivity index (χ0v) is 10.2. The van der Waals surface area contributed by atoms with Gasteiger partial charge in [-0.05, 0) is 12.1 Å². The van der Waals surface area contributed by atoms with E-state index >= 15 is 0 Å². The van der Waals surface area contributed by atoms with Gasteiger partial charge in [0.15, 0.2) is 0 Å². The first kappa shape index (κ1) is 12.6. The molecule has 0 aliphatic carbocycles. The van der Waals surface area contributed by atoms with Gasteiger partial charge in [0.1, 0.15) is 11.4 Å². The van der Waals surface area contributed by atoms with Crippen LogP contribution in [0.15, 0.2) is 31.0 Å². The van der Waals surface area contributed by atoms with Crippen LogP contribution in [0.2, 0.25) is 0 Å². The highest BCUT2D eigenvalue weighted by Gasteiger charge is 2.21. The summed E-state index contributed by atoms with van der Waals surface area (Å²) in [5, 5.41) is 9.14. The van der Waals surface area contributed by atoms with E-state index < -0.39 is 5.97 Å². The molecule has 0 amide bonds. The number of piperazine rings is 1. The summed E-state index contributed by atoms with van der Waals surface area (Å²) in [4.78, 5) is 19.7. The lowest BCUT2D eigenvalue weighted by Gasteiger charge is -2.35. The van der Waals surface area contributed by atoms with Crippen molar-refractivity contribution in [3.8, 4) is 0 Å². The van der Waals surface area contributed by atoms with Crippen molar-refractivity contribution in [1.29, 1.82) is 0 Å². The van der Waals surface area contributed by atoms with Crippen LogP contribution in [0.25, 0.3) is 0 Å². The zero-order valence-electron chi connectivity index (χ0n) is 10.2. The largest absolute Gasteiger partial charge is 0.478 e. The first-order chi connectivity index (χ1) is 8.72. The summed E-state index contributed by atoms with van der Waals surface area (Å²) in [7, 11) is 0. The number of rotatable bonds is 4. The van der Waals surface area contributed by atoms with Gasteiger partial charge in [-0.15, -0.1) is 6.58 Å². The van der Waals surface area contributed by atoms with Crippen LogP contribution in [-0.4, -0.2) is 53.7 Å². The quantitative estimate of drug-likeness (QED) is 0.807. The Labute approximate surface area is 106 Å². The van der Waals surface area contributed by atoms with Gasteiger partial charge in [0.25, 0.3) is 0 Å². The number of hydrogen-bond acceptors (Lipinski definition) is 4. The van der Waals surface area contributed by atoms with E-state index in [1.165, 1.54) is 0 Å². The number of aromatic carboxylic acids is 1. The maximum absolute atomic E-state index is 11.1. The highest BCUT2D eigenvalue weighted by Crippen LogP contribution is 2.18. The van der Waals surface area contributed by atoms with Crippen LogP contribution >= 0.6 is 0 Å². The van der Waals surface area contributed by atoms with Crippen LogP contribution in [0.1, 0.15) is 10.4 Å². The minimum Gasteiger partial charge on any atom is -0.478 e. The highest BCUT2D eigenvalue weighted by molar-refractivity contribution is 5.93. The summed E-state index contributed by atoms with van der Waals surface area (Å²) in [6.45, 7) is 8.00. The van der Waals surface area contributed by atoms with E-state index in [2.05, 4.69) is 16.5 Å². The third-order valence-electron chi connectivity index (χ3n) is 3.08. The molecule has 1 saturated heterocycles. The smallest absolute Gasteiger partial charge is 0.339 e. The van der Waals surface area contributed by atoms with Gasteiger partial charge in [0.05, 0.1) is 0 Å². The van der Waals surface area contributed by atoms with Crippen LogP contribution in [0.5, 0.6) is 0 Å². The number of carboxylic acid groups (broad SMARTS) is 1. The number of pyridine rings is 1. The van der Waals surface area contributed by atoms with E-state index in [9.17, 15) is 4.79 Å². The van der Waals surface area contributed by atoms with E-state index in [4.69, 9.17) is 5.11 Å². The molecule has 1 N–H and O–H groups in total. The fraction of sp³-hybridized carbons (Fsp3) is 0.385. The van der Waals surface area contributed by atoms with E-state index in [-0.39, 0.29) is 5.56 Å². The molecule has 1 fully saturated rings. The molecule has 0 unspecified atom stereocenters. The van der Waals surface area contributed by atoms with Crippen molar-refractivity contribution in [2.75, 3.05) is 37.6 Å². The molecule has 0 saturated carbocycles. The molecule has 1 aromatic heterocycles. The Balaban J connectivity index is 2.10. The first-order valence-corrected chi connectivity index (χ1v) is 5.99. The number of anilines is 1. The molecule has 1 aliphatic rings. The Morgan fingerprint density at radius 3 is 2.78 bits per heavy atom. The lowest BCUT2D eigenvalue weighted by Crippen LogP contribution is -2.47. The molecule has 0 spiro atoms. The minimum atomic E-state index is -0.924. The van der Waals surface area contributed by atoms with E-state index in [1.807, 2.05) is 11.0 Å². The van der Waals surface area contributed by atoms with Gasteiger partial charge >= 0.3 is 5.97 Å². The molecule has 2 rings (SSSR count). The van der Waals surface area contributed by atoms with Crippen molar-refractivity contribution in [2.24, 2.45) is 0 Å². The lowest BCUT2D eigenvalue weighted by molar-refractivity contribution is 0.0697. The van der Waals surface area contributed by atoms with Crippen molar-refractivity contribution in [2.45, 2.75) is 0 Å². The molecule has 0 aromatic carbocycles. The Bertz CT molecular complexity index is 440. The van der Waals surface area contributed by atoms with Gasteiger partial charge < -0.3 is 10.0 Å². The average Bonchev–Trinajstić information content (AvgIpc) is 2.40. The minimum absolute atomic E-state index is 0.273. The second-order valence-electron chi connectivity index (χ2n) is 4.26.